The number of nitrogens with one attached hydrogen (secondary N) is 2. The molecule has 0 bridgehead atoms. The number of anilines is 1. The number of hydrogen-bond donors (Lipinski definition) is 2. The van der Waals surface area contributed by atoms with Gasteiger partial charge in [-0.05, 0) is 52.1 Å². The Balaban J connectivity index is 2.45. The lowest BCUT2D eigenvalue weighted by atomic mass is 9.89. The molecule has 0 unspecified atom stereocenters. The third-order valence-corrected chi connectivity index (χ3v) is 7.18. The second-order valence-corrected chi connectivity index (χ2v) is 12.3. The molecule has 0 radical (unpaired) electrons. The summed E-state index contributed by atoms with van der Waals surface area (Å²) < 4.78 is 54.9. The molecule has 0 aliphatic heterocycles. The molecule has 8 heteroatoms. The summed E-state index contributed by atoms with van der Waals surface area (Å²) in [7, 11) is -7.20. The highest BCUT2D eigenvalue weighted by Crippen LogP contribution is 2.35. The van der Waals surface area contributed by atoms with Gasteiger partial charge in [0, 0.05) is 12.2 Å². The highest BCUT2D eigenvalue weighted by Gasteiger charge is 2.26. The van der Waals surface area contributed by atoms with Crippen molar-refractivity contribution in [1.29, 1.82) is 0 Å². The molecule has 6 nitrogen and oxygen atoms in total. The Morgan fingerprint density at radius 3 is 1.81 bits per heavy atom. The molecule has 2 aromatic rings. The van der Waals surface area contributed by atoms with Crippen LogP contribution in [0.4, 0.5) is 5.69 Å². The van der Waals surface area contributed by atoms with Crippen LogP contribution in [0.15, 0.2) is 41.3 Å². The summed E-state index contributed by atoms with van der Waals surface area (Å²) in [6, 6.07) is 10.7. The van der Waals surface area contributed by atoms with Crippen LogP contribution in [-0.4, -0.2) is 23.1 Å². The minimum atomic E-state index is -3.79. The summed E-state index contributed by atoms with van der Waals surface area (Å²) in [5.41, 5.74) is 3.81. The molecule has 0 amide bonds. The molecule has 172 valence electrons. The van der Waals surface area contributed by atoms with Gasteiger partial charge in [0.2, 0.25) is 20.0 Å². The van der Waals surface area contributed by atoms with E-state index in [0.29, 0.717) is 22.1 Å². The average Bonchev–Trinajstić information content (AvgIpc) is 2.64. The van der Waals surface area contributed by atoms with Gasteiger partial charge in [-0.1, -0.05) is 65.8 Å². The Morgan fingerprint density at radius 1 is 0.806 bits per heavy atom. The number of sulfonamides is 2. The average molecular weight is 467 g/mol. The zero-order chi connectivity index (χ0) is 23.6. The van der Waals surface area contributed by atoms with E-state index >= 15 is 0 Å². The SMILES string of the molecule is CC(C)c1cc(C(C)C)c(S(=O)(=O)NCc2cccc(NS(C)(=O)=O)c2)c(C(C)C)c1. The molecular formula is C23H34N2O4S2. The van der Waals surface area contributed by atoms with E-state index in [0.717, 1.165) is 22.9 Å². The summed E-state index contributed by atoms with van der Waals surface area (Å²) in [6.07, 6.45) is 1.07. The van der Waals surface area contributed by atoms with Gasteiger partial charge in [-0.3, -0.25) is 4.72 Å². The fourth-order valence-corrected chi connectivity index (χ4v) is 5.68. The summed E-state index contributed by atoms with van der Waals surface area (Å²) in [5.74, 6) is 0.389. The van der Waals surface area contributed by atoms with E-state index in [1.807, 2.05) is 39.8 Å². The maximum Gasteiger partial charge on any atom is 0.241 e. The van der Waals surface area contributed by atoms with Gasteiger partial charge in [0.05, 0.1) is 11.2 Å². The Labute approximate surface area is 187 Å². The quantitative estimate of drug-likeness (QED) is 0.549. The van der Waals surface area contributed by atoms with Crippen molar-refractivity contribution < 1.29 is 16.8 Å². The highest BCUT2D eigenvalue weighted by molar-refractivity contribution is 7.92. The number of hydrogen-bond acceptors (Lipinski definition) is 4. The van der Waals surface area contributed by atoms with E-state index in [9.17, 15) is 16.8 Å². The first-order valence-corrected chi connectivity index (χ1v) is 13.8. The zero-order valence-corrected chi connectivity index (χ0v) is 21.0. The van der Waals surface area contributed by atoms with Gasteiger partial charge < -0.3 is 0 Å². The normalized spacial score (nSPS) is 12.7. The molecule has 0 heterocycles. The molecule has 0 saturated heterocycles. The van der Waals surface area contributed by atoms with Crippen molar-refractivity contribution in [3.05, 3.63) is 58.7 Å². The van der Waals surface area contributed by atoms with E-state index in [1.54, 1.807) is 24.3 Å². The summed E-state index contributed by atoms with van der Waals surface area (Å²) in [6.45, 7) is 12.3. The zero-order valence-electron chi connectivity index (χ0n) is 19.4. The fourth-order valence-electron chi connectivity index (χ4n) is 3.41. The Bertz CT molecular complexity index is 1110. The molecule has 0 saturated carbocycles. The van der Waals surface area contributed by atoms with E-state index in [1.165, 1.54) is 0 Å². The van der Waals surface area contributed by atoms with Crippen molar-refractivity contribution in [2.24, 2.45) is 0 Å². The maximum absolute atomic E-state index is 13.4. The Morgan fingerprint density at radius 2 is 1.35 bits per heavy atom. The number of rotatable bonds is 9. The van der Waals surface area contributed by atoms with Crippen LogP contribution in [0.2, 0.25) is 0 Å². The highest BCUT2D eigenvalue weighted by atomic mass is 32.2. The Kier molecular flexibility index (Phi) is 7.94. The molecule has 0 aromatic heterocycles. The largest absolute Gasteiger partial charge is 0.284 e. The van der Waals surface area contributed by atoms with E-state index in [2.05, 4.69) is 23.3 Å². The van der Waals surface area contributed by atoms with Crippen molar-refractivity contribution >= 4 is 25.7 Å². The minimum Gasteiger partial charge on any atom is -0.284 e. The standard InChI is InChI=1S/C23H34N2O4S2/c1-15(2)19-12-21(16(3)4)23(22(13-19)17(5)6)31(28,29)24-14-18-9-8-10-20(11-18)25-30(7,26)27/h8-13,15-17,24-25H,14H2,1-7H3. The van der Waals surface area contributed by atoms with Crippen molar-refractivity contribution in [3.8, 4) is 0 Å². The molecule has 0 spiro atoms. The van der Waals surface area contributed by atoms with Crippen molar-refractivity contribution in [3.63, 3.8) is 0 Å². The predicted molar refractivity (Wildman–Crippen MR) is 128 cm³/mol. The minimum absolute atomic E-state index is 0.0464. The van der Waals surface area contributed by atoms with Crippen LogP contribution in [0.1, 0.15) is 81.5 Å². The van der Waals surface area contributed by atoms with Gasteiger partial charge in [-0.15, -0.1) is 0 Å². The topological polar surface area (TPSA) is 92.3 Å². The van der Waals surface area contributed by atoms with Gasteiger partial charge in [0.1, 0.15) is 0 Å². The van der Waals surface area contributed by atoms with Crippen LogP contribution >= 0.6 is 0 Å². The van der Waals surface area contributed by atoms with Crippen LogP contribution in [0, 0.1) is 0 Å². The van der Waals surface area contributed by atoms with E-state index in [-0.39, 0.29) is 18.4 Å². The molecule has 0 atom stereocenters. The van der Waals surface area contributed by atoms with Crippen molar-refractivity contribution in [2.45, 2.75) is 70.7 Å². The lowest BCUT2D eigenvalue weighted by Gasteiger charge is -2.23. The van der Waals surface area contributed by atoms with Crippen LogP contribution in [0.5, 0.6) is 0 Å². The first-order valence-electron chi connectivity index (χ1n) is 10.5. The second kappa shape index (κ2) is 9.71. The van der Waals surface area contributed by atoms with Crippen LogP contribution in [0.3, 0.4) is 0 Å². The van der Waals surface area contributed by atoms with Gasteiger partial charge >= 0.3 is 0 Å². The third-order valence-electron chi connectivity index (χ3n) is 5.04. The van der Waals surface area contributed by atoms with Gasteiger partial charge in [-0.25, -0.2) is 21.6 Å². The third kappa shape index (κ3) is 6.79. The summed E-state index contributed by atoms with van der Waals surface area (Å²) >= 11 is 0. The summed E-state index contributed by atoms with van der Waals surface area (Å²) in [4.78, 5) is 0.354. The molecule has 2 aromatic carbocycles. The lowest BCUT2D eigenvalue weighted by molar-refractivity contribution is 0.575. The van der Waals surface area contributed by atoms with E-state index < -0.39 is 20.0 Å². The van der Waals surface area contributed by atoms with Crippen molar-refractivity contribution in [1.82, 2.24) is 4.72 Å². The van der Waals surface area contributed by atoms with Gasteiger partial charge in [-0.2, -0.15) is 0 Å². The van der Waals surface area contributed by atoms with Gasteiger partial charge in [0.25, 0.3) is 0 Å². The lowest BCUT2D eigenvalue weighted by Crippen LogP contribution is -2.26. The predicted octanol–water partition coefficient (Wildman–Crippen LogP) is 4.91. The monoisotopic (exact) mass is 466 g/mol. The Hall–Kier alpha value is -1.90. The molecule has 2 N–H and O–H groups in total. The molecule has 2 rings (SSSR count). The summed E-state index contributed by atoms with van der Waals surface area (Å²) in [5, 5.41) is 0. The molecule has 0 fully saturated rings. The smallest absolute Gasteiger partial charge is 0.241 e. The molecular weight excluding hydrogens is 432 g/mol. The molecule has 0 aliphatic carbocycles. The molecule has 31 heavy (non-hydrogen) atoms. The fraction of sp³-hybridized carbons (Fsp3) is 0.478. The maximum atomic E-state index is 13.4. The van der Waals surface area contributed by atoms with Crippen LogP contribution in [-0.2, 0) is 26.6 Å². The molecule has 0 aliphatic rings. The van der Waals surface area contributed by atoms with Crippen LogP contribution in [0.25, 0.3) is 0 Å². The number of benzene rings is 2. The van der Waals surface area contributed by atoms with Crippen LogP contribution < -0.4 is 9.44 Å². The van der Waals surface area contributed by atoms with Crippen molar-refractivity contribution in [2.75, 3.05) is 11.0 Å². The van der Waals surface area contributed by atoms with Gasteiger partial charge in [0.15, 0.2) is 0 Å². The first-order chi connectivity index (χ1) is 14.2. The second-order valence-electron chi connectivity index (χ2n) is 8.89. The van der Waals surface area contributed by atoms with E-state index in [4.69, 9.17) is 0 Å². The first kappa shape index (κ1) is 25.4.